The molecule has 2 aromatic rings. The van der Waals surface area contributed by atoms with Gasteiger partial charge in [-0.25, -0.2) is 0 Å². The maximum absolute atomic E-state index is 12.3. The molecular weight excluding hydrogens is 244 g/mol. The molecular formula is C14H16N2O3. The van der Waals surface area contributed by atoms with Crippen LogP contribution in [0.2, 0.25) is 0 Å². The van der Waals surface area contributed by atoms with Crippen LogP contribution in [0.3, 0.4) is 0 Å². The Morgan fingerprint density at radius 3 is 2.68 bits per heavy atom. The Morgan fingerprint density at radius 1 is 1.37 bits per heavy atom. The number of aliphatic hydroxyl groups excluding tert-OH is 1. The van der Waals surface area contributed by atoms with Gasteiger partial charge in [0.15, 0.2) is 0 Å². The Kier molecular flexibility index (Phi) is 4.30. The molecule has 0 fully saturated rings. The van der Waals surface area contributed by atoms with E-state index in [-0.39, 0.29) is 24.8 Å². The number of nitrogens with zero attached hydrogens (tertiary/aromatic N) is 2. The zero-order valence-electron chi connectivity index (χ0n) is 10.7. The lowest BCUT2D eigenvalue weighted by Gasteiger charge is -2.20. The number of hydrogen-bond donors (Lipinski definition) is 1. The summed E-state index contributed by atoms with van der Waals surface area (Å²) < 4.78 is 4.97. The van der Waals surface area contributed by atoms with E-state index in [0.717, 1.165) is 5.56 Å². The van der Waals surface area contributed by atoms with Crippen LogP contribution in [-0.2, 0) is 6.54 Å². The molecule has 1 aromatic carbocycles. The molecule has 19 heavy (non-hydrogen) atoms. The minimum atomic E-state index is -0.257. The number of amides is 1. The molecule has 0 radical (unpaired) electrons. The highest BCUT2D eigenvalue weighted by Gasteiger charge is 2.21. The second kappa shape index (κ2) is 6.15. The first-order chi connectivity index (χ1) is 9.22. The molecule has 0 spiro atoms. The first-order valence-corrected chi connectivity index (χ1v) is 6.07. The fourth-order valence-corrected chi connectivity index (χ4v) is 1.82. The molecule has 5 heteroatoms. The van der Waals surface area contributed by atoms with Gasteiger partial charge in [0.25, 0.3) is 5.91 Å². The van der Waals surface area contributed by atoms with E-state index in [1.54, 1.807) is 11.8 Å². The van der Waals surface area contributed by atoms with Gasteiger partial charge in [-0.05, 0) is 12.5 Å². The van der Waals surface area contributed by atoms with Gasteiger partial charge in [0.1, 0.15) is 0 Å². The number of aliphatic hydroxyl groups is 1. The van der Waals surface area contributed by atoms with Crippen molar-refractivity contribution in [2.75, 3.05) is 13.2 Å². The van der Waals surface area contributed by atoms with Gasteiger partial charge in [-0.1, -0.05) is 35.5 Å². The second-order valence-electron chi connectivity index (χ2n) is 4.27. The van der Waals surface area contributed by atoms with Crippen molar-refractivity contribution in [2.45, 2.75) is 13.5 Å². The van der Waals surface area contributed by atoms with E-state index in [0.29, 0.717) is 12.1 Å². The molecule has 100 valence electrons. The zero-order chi connectivity index (χ0) is 13.7. The molecule has 0 aliphatic carbocycles. The van der Waals surface area contributed by atoms with E-state index < -0.39 is 0 Å². The molecule has 0 saturated heterocycles. The average Bonchev–Trinajstić information content (AvgIpc) is 2.85. The molecule has 0 aliphatic rings. The maximum atomic E-state index is 12.3. The second-order valence-corrected chi connectivity index (χ2v) is 4.27. The van der Waals surface area contributed by atoms with Crippen LogP contribution in [-0.4, -0.2) is 34.2 Å². The molecule has 1 N–H and O–H groups in total. The molecule has 5 nitrogen and oxygen atoms in total. The van der Waals surface area contributed by atoms with Gasteiger partial charge in [0.2, 0.25) is 5.76 Å². The van der Waals surface area contributed by atoms with E-state index in [2.05, 4.69) is 5.16 Å². The van der Waals surface area contributed by atoms with E-state index in [1.807, 2.05) is 30.3 Å². The summed E-state index contributed by atoms with van der Waals surface area (Å²) in [7, 11) is 0. The Morgan fingerprint density at radius 2 is 2.11 bits per heavy atom. The third-order valence-corrected chi connectivity index (χ3v) is 2.82. The van der Waals surface area contributed by atoms with Crippen molar-refractivity contribution in [3.63, 3.8) is 0 Å². The van der Waals surface area contributed by atoms with Crippen molar-refractivity contribution in [2.24, 2.45) is 0 Å². The molecule has 1 aromatic heterocycles. The lowest BCUT2D eigenvalue weighted by molar-refractivity contribution is 0.0665. The summed E-state index contributed by atoms with van der Waals surface area (Å²) >= 11 is 0. The number of aryl methyl sites for hydroxylation is 1. The number of carbonyl (C=O) groups excluding carboxylic acids is 1. The first-order valence-electron chi connectivity index (χ1n) is 6.07. The number of benzene rings is 1. The van der Waals surface area contributed by atoms with Crippen LogP contribution in [0, 0.1) is 6.92 Å². The van der Waals surface area contributed by atoms with Gasteiger partial charge in [0.05, 0.1) is 12.8 Å². The van der Waals surface area contributed by atoms with Crippen molar-refractivity contribution in [1.82, 2.24) is 10.1 Å². The molecule has 0 saturated carbocycles. The van der Waals surface area contributed by atoms with E-state index in [9.17, 15) is 4.79 Å². The number of rotatable bonds is 5. The quantitative estimate of drug-likeness (QED) is 0.887. The Balaban J connectivity index is 2.16. The normalized spacial score (nSPS) is 10.4. The predicted molar refractivity (Wildman–Crippen MR) is 69.5 cm³/mol. The molecule has 0 atom stereocenters. The predicted octanol–water partition coefficient (Wildman–Crippen LogP) is 1.62. The molecule has 0 unspecified atom stereocenters. The molecule has 0 bridgehead atoms. The summed E-state index contributed by atoms with van der Waals surface area (Å²) in [6.45, 7) is 2.36. The molecule has 2 rings (SSSR count). The highest BCUT2D eigenvalue weighted by molar-refractivity contribution is 5.92. The van der Waals surface area contributed by atoms with Crippen LogP contribution in [0.25, 0.3) is 0 Å². The van der Waals surface area contributed by atoms with E-state index in [1.165, 1.54) is 6.20 Å². The van der Waals surface area contributed by atoms with Crippen molar-refractivity contribution in [3.05, 3.63) is 53.4 Å². The van der Waals surface area contributed by atoms with Gasteiger partial charge in [-0.2, -0.15) is 0 Å². The van der Waals surface area contributed by atoms with Gasteiger partial charge >= 0.3 is 0 Å². The smallest absolute Gasteiger partial charge is 0.293 e. The average molecular weight is 260 g/mol. The SMILES string of the molecule is Cc1cnoc1C(=O)N(CCO)Cc1ccccc1. The van der Waals surface area contributed by atoms with Gasteiger partial charge in [-0.3, -0.25) is 4.79 Å². The standard InChI is InChI=1S/C14H16N2O3/c1-11-9-15-19-13(11)14(18)16(7-8-17)10-12-5-3-2-4-6-12/h2-6,9,17H,7-8,10H2,1H3. The van der Waals surface area contributed by atoms with Crippen LogP contribution in [0.4, 0.5) is 0 Å². The lowest BCUT2D eigenvalue weighted by Crippen LogP contribution is -2.33. The molecule has 1 amide bonds. The highest BCUT2D eigenvalue weighted by atomic mass is 16.5. The Labute approximate surface area is 111 Å². The third kappa shape index (κ3) is 3.20. The van der Waals surface area contributed by atoms with Gasteiger partial charge in [0, 0.05) is 18.7 Å². The van der Waals surface area contributed by atoms with Crippen LogP contribution in [0.1, 0.15) is 21.7 Å². The monoisotopic (exact) mass is 260 g/mol. The van der Waals surface area contributed by atoms with E-state index >= 15 is 0 Å². The van der Waals surface area contributed by atoms with Crippen molar-refractivity contribution in [3.8, 4) is 0 Å². The van der Waals surface area contributed by atoms with Gasteiger partial charge in [-0.15, -0.1) is 0 Å². The lowest BCUT2D eigenvalue weighted by atomic mass is 10.2. The fourth-order valence-electron chi connectivity index (χ4n) is 1.82. The number of aromatic nitrogens is 1. The van der Waals surface area contributed by atoms with Crippen molar-refractivity contribution < 1.29 is 14.4 Å². The minimum Gasteiger partial charge on any atom is -0.395 e. The van der Waals surface area contributed by atoms with Crippen molar-refractivity contribution >= 4 is 5.91 Å². The van der Waals surface area contributed by atoms with E-state index in [4.69, 9.17) is 9.63 Å². The largest absolute Gasteiger partial charge is 0.395 e. The minimum absolute atomic E-state index is 0.0915. The van der Waals surface area contributed by atoms with Crippen LogP contribution >= 0.6 is 0 Å². The van der Waals surface area contributed by atoms with Crippen LogP contribution in [0.15, 0.2) is 41.1 Å². The van der Waals surface area contributed by atoms with Crippen LogP contribution in [0.5, 0.6) is 0 Å². The topological polar surface area (TPSA) is 66.6 Å². The van der Waals surface area contributed by atoms with Crippen LogP contribution < -0.4 is 0 Å². The summed E-state index contributed by atoms with van der Waals surface area (Å²) in [5, 5.41) is 12.7. The summed E-state index contributed by atoms with van der Waals surface area (Å²) in [6, 6.07) is 9.62. The Hall–Kier alpha value is -2.14. The summed E-state index contributed by atoms with van der Waals surface area (Å²) in [5.74, 6) is -0.0303. The third-order valence-electron chi connectivity index (χ3n) is 2.82. The Bertz CT molecular complexity index is 537. The van der Waals surface area contributed by atoms with Gasteiger partial charge < -0.3 is 14.5 Å². The number of carbonyl (C=O) groups is 1. The summed E-state index contributed by atoms with van der Waals surface area (Å²) in [6.07, 6.45) is 1.51. The zero-order valence-corrected chi connectivity index (χ0v) is 10.7. The fraction of sp³-hybridized carbons (Fsp3) is 0.286. The number of hydrogen-bond acceptors (Lipinski definition) is 4. The molecule has 1 heterocycles. The maximum Gasteiger partial charge on any atom is 0.293 e. The van der Waals surface area contributed by atoms with Crippen molar-refractivity contribution in [1.29, 1.82) is 0 Å². The molecule has 0 aliphatic heterocycles. The first kappa shape index (κ1) is 13.3. The summed E-state index contributed by atoms with van der Waals surface area (Å²) in [5.41, 5.74) is 1.70. The highest BCUT2D eigenvalue weighted by Crippen LogP contribution is 2.12. The summed E-state index contributed by atoms with van der Waals surface area (Å²) in [4.78, 5) is 13.8.